The predicted octanol–water partition coefficient (Wildman–Crippen LogP) is 18.3. The summed E-state index contributed by atoms with van der Waals surface area (Å²) < 4.78 is 7.00. The summed E-state index contributed by atoms with van der Waals surface area (Å²) in [6.45, 7) is 0. The monoisotopic (exact) mass is 858 g/mol. The molecule has 1 aliphatic heterocycles. The predicted molar refractivity (Wildman–Crippen MR) is 281 cm³/mol. The van der Waals surface area contributed by atoms with Crippen LogP contribution in [0.4, 0.5) is 34.1 Å². The van der Waals surface area contributed by atoms with Gasteiger partial charge in [0.1, 0.15) is 11.5 Å². The van der Waals surface area contributed by atoms with Gasteiger partial charge in [-0.3, -0.25) is 0 Å². The summed E-state index contributed by atoms with van der Waals surface area (Å²) in [6.07, 6.45) is 8.78. The molecule has 0 N–H and O–H groups in total. The van der Waals surface area contributed by atoms with Crippen LogP contribution in [-0.2, 0) is 0 Å². The number of hydrogen-bond acceptors (Lipinski definition) is 3. The number of fused-ring (bicyclic) bond motifs is 2. The number of rotatable bonds is 10. The minimum atomic E-state index is 0.830. The highest BCUT2D eigenvalue weighted by Gasteiger charge is 2.29. The maximum absolute atomic E-state index is 7.00. The minimum absolute atomic E-state index is 0.830. The number of benzene rings is 10. The molecule has 0 spiro atoms. The van der Waals surface area contributed by atoms with Crippen LogP contribution in [0.15, 0.2) is 255 Å². The third kappa shape index (κ3) is 7.57. The first-order valence-electron chi connectivity index (χ1n) is 23.1. The highest BCUT2D eigenvalue weighted by Crippen LogP contribution is 2.55. The van der Waals surface area contributed by atoms with Gasteiger partial charge >= 0.3 is 0 Å². The molecule has 0 bridgehead atoms. The number of nitrogens with zero attached hydrogens (tertiary/aromatic N) is 2. The van der Waals surface area contributed by atoms with E-state index in [2.05, 4.69) is 265 Å². The smallest absolute Gasteiger partial charge is 0.137 e. The molecule has 10 aromatic rings. The lowest BCUT2D eigenvalue weighted by Gasteiger charge is -2.32. The van der Waals surface area contributed by atoms with Crippen LogP contribution in [0.1, 0.15) is 18.4 Å². The number of allylic oxidation sites excluding steroid dienone is 4. The van der Waals surface area contributed by atoms with Crippen molar-refractivity contribution >= 4 is 50.5 Å². The van der Waals surface area contributed by atoms with E-state index in [1.54, 1.807) is 0 Å². The molecule has 1 heterocycles. The molecular formula is C64H46N2O. The fourth-order valence-electron chi connectivity index (χ4n) is 9.85. The molecule has 67 heavy (non-hydrogen) atoms. The van der Waals surface area contributed by atoms with Crippen LogP contribution < -0.4 is 14.5 Å². The van der Waals surface area contributed by atoms with Crippen molar-refractivity contribution < 1.29 is 4.74 Å². The number of hydrogen-bond donors (Lipinski definition) is 0. The average molecular weight is 859 g/mol. The van der Waals surface area contributed by atoms with E-state index in [0.717, 1.165) is 80.4 Å². The van der Waals surface area contributed by atoms with Gasteiger partial charge in [-0.1, -0.05) is 182 Å². The third-order valence-electron chi connectivity index (χ3n) is 13.2. The Morgan fingerprint density at radius 2 is 0.806 bits per heavy atom. The molecule has 2 aliphatic rings. The molecule has 3 heteroatoms. The Hall–Kier alpha value is -8.66. The molecule has 0 aromatic heterocycles. The largest absolute Gasteiger partial charge is 0.456 e. The van der Waals surface area contributed by atoms with Crippen molar-refractivity contribution in [1.29, 1.82) is 0 Å². The van der Waals surface area contributed by atoms with Crippen molar-refractivity contribution in [2.45, 2.75) is 12.8 Å². The van der Waals surface area contributed by atoms with Crippen LogP contribution >= 0.6 is 0 Å². The summed E-state index contributed by atoms with van der Waals surface area (Å²) in [4.78, 5) is 4.77. The maximum atomic E-state index is 7.00. The van der Waals surface area contributed by atoms with Crippen molar-refractivity contribution in [2.75, 3.05) is 9.80 Å². The van der Waals surface area contributed by atoms with Gasteiger partial charge < -0.3 is 14.5 Å². The van der Waals surface area contributed by atoms with E-state index < -0.39 is 0 Å². The summed E-state index contributed by atoms with van der Waals surface area (Å²) in [5.74, 6) is 1.67. The number of ether oxygens (including phenoxy) is 1. The van der Waals surface area contributed by atoms with Gasteiger partial charge in [0, 0.05) is 39.1 Å². The van der Waals surface area contributed by atoms with Gasteiger partial charge in [0.05, 0.1) is 11.4 Å². The van der Waals surface area contributed by atoms with Crippen LogP contribution in [0.5, 0.6) is 11.5 Å². The highest BCUT2D eigenvalue weighted by atomic mass is 16.5. The van der Waals surface area contributed by atoms with E-state index in [9.17, 15) is 0 Å². The average Bonchev–Trinajstić information content (AvgIpc) is 3.41. The first-order valence-corrected chi connectivity index (χ1v) is 23.1. The first-order chi connectivity index (χ1) is 33.2. The fraction of sp³-hybridized carbons (Fsp3) is 0.0312. The zero-order chi connectivity index (χ0) is 44.5. The molecule has 0 amide bonds. The summed E-state index contributed by atoms with van der Waals surface area (Å²) in [5, 5.41) is 2.19. The molecule has 10 aromatic carbocycles. The van der Waals surface area contributed by atoms with Crippen molar-refractivity contribution in [1.82, 2.24) is 0 Å². The molecule has 0 unspecified atom stereocenters. The lowest BCUT2D eigenvalue weighted by atomic mass is 9.91. The molecule has 1 aliphatic carbocycles. The Balaban J connectivity index is 1.01. The van der Waals surface area contributed by atoms with E-state index in [-0.39, 0.29) is 0 Å². The molecule has 0 atom stereocenters. The SMILES string of the molecule is C1=CCCC(c2ccc(N(c3ccc(-c4ccccc4)cc3)c3cccc4c3-c3cccc5c(N(c6ccc(-c7ccccc7)cc6)c6ccc(-c7ccccc7)cc6)ccc(c35)O4)cc2)=C1. The summed E-state index contributed by atoms with van der Waals surface area (Å²) >= 11 is 0. The van der Waals surface area contributed by atoms with E-state index in [0.29, 0.717) is 0 Å². The molecule has 12 rings (SSSR count). The second-order valence-corrected chi connectivity index (χ2v) is 17.2. The molecule has 0 saturated heterocycles. The lowest BCUT2D eigenvalue weighted by molar-refractivity contribution is 0.487. The fourth-order valence-corrected chi connectivity index (χ4v) is 9.85. The highest BCUT2D eigenvalue weighted by molar-refractivity contribution is 6.13. The minimum Gasteiger partial charge on any atom is -0.456 e. The van der Waals surface area contributed by atoms with Crippen LogP contribution in [-0.4, -0.2) is 0 Å². The molecule has 0 saturated carbocycles. The van der Waals surface area contributed by atoms with Gasteiger partial charge in [0.2, 0.25) is 0 Å². The van der Waals surface area contributed by atoms with Gasteiger partial charge in [-0.05, 0) is 136 Å². The second kappa shape index (κ2) is 17.4. The van der Waals surface area contributed by atoms with Gasteiger partial charge in [0.25, 0.3) is 0 Å². The van der Waals surface area contributed by atoms with E-state index in [1.165, 1.54) is 44.5 Å². The van der Waals surface area contributed by atoms with E-state index in [1.807, 2.05) is 0 Å². The standard InChI is InChI=1S/C64H46N2O/c1-5-15-45(16-6-1)49-27-35-53(36-28-49)65(54-37-29-50(30-38-54)46-17-7-2-8-18-46)59-43-44-62-63-57(59)23-13-24-58(63)64-60(25-14-26-61(64)67-62)66(55-39-31-51(32-40-55)47-19-9-3-10-20-47)56-41-33-52(34-42-56)48-21-11-4-12-22-48/h1-11,13-21,23-44H,12,22H2. The Bertz CT molecular complexity index is 3350. The van der Waals surface area contributed by atoms with Crippen LogP contribution in [0, 0.1) is 0 Å². The van der Waals surface area contributed by atoms with Gasteiger partial charge in [-0.25, -0.2) is 0 Å². The van der Waals surface area contributed by atoms with E-state index >= 15 is 0 Å². The molecule has 318 valence electrons. The van der Waals surface area contributed by atoms with Gasteiger partial charge in [-0.2, -0.15) is 0 Å². The molecule has 0 fully saturated rings. The van der Waals surface area contributed by atoms with Gasteiger partial charge in [0.15, 0.2) is 0 Å². The van der Waals surface area contributed by atoms with Crippen LogP contribution in [0.3, 0.4) is 0 Å². The summed E-state index contributed by atoms with van der Waals surface area (Å²) in [6, 6.07) is 85.1. The zero-order valence-electron chi connectivity index (χ0n) is 37.0. The van der Waals surface area contributed by atoms with Crippen LogP contribution in [0.2, 0.25) is 0 Å². The second-order valence-electron chi connectivity index (χ2n) is 17.2. The Morgan fingerprint density at radius 1 is 0.343 bits per heavy atom. The normalized spacial score (nSPS) is 12.5. The Morgan fingerprint density at radius 3 is 1.30 bits per heavy atom. The van der Waals surface area contributed by atoms with E-state index in [4.69, 9.17) is 4.74 Å². The summed E-state index contributed by atoms with van der Waals surface area (Å²) in [5.41, 5.74) is 18.3. The van der Waals surface area contributed by atoms with Crippen LogP contribution in [0.25, 0.3) is 60.9 Å². The molecule has 3 nitrogen and oxygen atoms in total. The van der Waals surface area contributed by atoms with Crippen molar-refractivity contribution in [2.24, 2.45) is 0 Å². The maximum Gasteiger partial charge on any atom is 0.137 e. The quantitative estimate of drug-likeness (QED) is 0.136. The topological polar surface area (TPSA) is 15.7 Å². The Labute approximate surface area is 392 Å². The molecule has 0 radical (unpaired) electrons. The number of anilines is 6. The zero-order valence-corrected chi connectivity index (χ0v) is 37.0. The molecular weight excluding hydrogens is 813 g/mol. The lowest BCUT2D eigenvalue weighted by Crippen LogP contribution is -2.13. The van der Waals surface area contributed by atoms with Crippen molar-refractivity contribution in [3.05, 3.63) is 260 Å². The van der Waals surface area contributed by atoms with Crippen molar-refractivity contribution in [3.8, 4) is 56.0 Å². The van der Waals surface area contributed by atoms with Crippen molar-refractivity contribution in [3.63, 3.8) is 0 Å². The van der Waals surface area contributed by atoms with Gasteiger partial charge in [-0.15, -0.1) is 0 Å². The Kier molecular flexibility index (Phi) is 10.3. The third-order valence-corrected chi connectivity index (χ3v) is 13.2. The summed E-state index contributed by atoms with van der Waals surface area (Å²) in [7, 11) is 0. The first kappa shape index (κ1) is 39.9.